The van der Waals surface area contributed by atoms with Gasteiger partial charge in [-0.15, -0.1) is 6.42 Å². The van der Waals surface area contributed by atoms with Gasteiger partial charge in [-0.2, -0.15) is 13.2 Å². The standard InChI is InChI=1S/C12H16F4O2S/c1-2-11(13)5-3-10(4-6-11)9-19(17,18)8-7-12(14,15)16/h1,10H,3-9H2. The number of alkyl halides is 4. The molecule has 0 N–H and O–H groups in total. The Morgan fingerprint density at radius 2 is 1.79 bits per heavy atom. The first kappa shape index (κ1) is 16.3. The van der Waals surface area contributed by atoms with Gasteiger partial charge in [0.1, 0.15) is 0 Å². The van der Waals surface area contributed by atoms with Gasteiger partial charge in [0.2, 0.25) is 0 Å². The molecule has 1 fully saturated rings. The molecule has 0 radical (unpaired) electrons. The Bertz CT molecular complexity index is 439. The zero-order chi connectivity index (χ0) is 14.7. The summed E-state index contributed by atoms with van der Waals surface area (Å²) in [4.78, 5) is 0. The lowest BCUT2D eigenvalue weighted by Crippen LogP contribution is -2.31. The van der Waals surface area contributed by atoms with Crippen LogP contribution < -0.4 is 0 Å². The van der Waals surface area contributed by atoms with E-state index in [0.717, 1.165) is 0 Å². The van der Waals surface area contributed by atoms with Crippen LogP contribution in [0.4, 0.5) is 17.6 Å². The molecule has 0 atom stereocenters. The maximum absolute atomic E-state index is 13.7. The molecule has 1 saturated carbocycles. The maximum Gasteiger partial charge on any atom is 0.390 e. The molecule has 0 aromatic rings. The quantitative estimate of drug-likeness (QED) is 0.591. The Hall–Kier alpha value is -0.770. The van der Waals surface area contributed by atoms with Crippen molar-refractivity contribution in [3.63, 3.8) is 0 Å². The van der Waals surface area contributed by atoms with Crippen LogP contribution in [0.5, 0.6) is 0 Å². The highest BCUT2D eigenvalue weighted by Gasteiger charge is 2.36. The van der Waals surface area contributed by atoms with Gasteiger partial charge in [0.05, 0.1) is 17.9 Å². The first-order chi connectivity index (χ1) is 8.55. The molecular weight excluding hydrogens is 284 g/mol. The van der Waals surface area contributed by atoms with Gasteiger partial charge in [-0.3, -0.25) is 0 Å². The van der Waals surface area contributed by atoms with E-state index in [9.17, 15) is 26.0 Å². The van der Waals surface area contributed by atoms with Gasteiger partial charge in [-0.25, -0.2) is 12.8 Å². The van der Waals surface area contributed by atoms with Crippen LogP contribution in [0, 0.1) is 18.3 Å². The van der Waals surface area contributed by atoms with E-state index < -0.39 is 33.9 Å². The molecule has 2 nitrogen and oxygen atoms in total. The highest BCUT2D eigenvalue weighted by Crippen LogP contribution is 2.35. The van der Waals surface area contributed by atoms with Gasteiger partial charge in [0.25, 0.3) is 0 Å². The molecule has 0 saturated heterocycles. The Kier molecular flexibility index (Phi) is 4.88. The fraction of sp³-hybridized carbons (Fsp3) is 0.833. The summed E-state index contributed by atoms with van der Waals surface area (Å²) < 4.78 is 72.7. The smallest absolute Gasteiger partial charge is 0.230 e. The first-order valence-corrected chi connectivity index (χ1v) is 7.81. The molecule has 110 valence electrons. The molecule has 19 heavy (non-hydrogen) atoms. The van der Waals surface area contributed by atoms with Crippen LogP contribution in [0.15, 0.2) is 0 Å². The third kappa shape index (κ3) is 5.81. The molecule has 7 heteroatoms. The van der Waals surface area contributed by atoms with Crippen molar-refractivity contribution >= 4 is 9.84 Å². The lowest BCUT2D eigenvalue weighted by Gasteiger charge is -2.30. The topological polar surface area (TPSA) is 34.1 Å². The van der Waals surface area contributed by atoms with E-state index in [-0.39, 0.29) is 24.5 Å². The van der Waals surface area contributed by atoms with Gasteiger partial charge in [-0.1, -0.05) is 5.92 Å². The van der Waals surface area contributed by atoms with Crippen LogP contribution in [0.1, 0.15) is 32.1 Å². The zero-order valence-corrected chi connectivity index (χ0v) is 11.2. The molecule has 1 aliphatic rings. The summed E-state index contributed by atoms with van der Waals surface area (Å²) in [5, 5.41) is 0. The normalized spacial score (nSPS) is 28.9. The van der Waals surface area contributed by atoms with Crippen LogP contribution in [-0.2, 0) is 9.84 Å². The van der Waals surface area contributed by atoms with Crippen molar-refractivity contribution in [2.75, 3.05) is 11.5 Å². The summed E-state index contributed by atoms with van der Waals surface area (Å²) in [5.74, 6) is 0.532. The van der Waals surface area contributed by atoms with Gasteiger partial charge in [-0.05, 0) is 31.6 Å². The molecule has 0 aromatic heterocycles. The molecule has 0 unspecified atom stereocenters. The fourth-order valence-corrected chi connectivity index (χ4v) is 3.92. The van der Waals surface area contributed by atoms with Crippen molar-refractivity contribution in [3.8, 4) is 12.3 Å². The minimum absolute atomic E-state index is 0.0724. The minimum atomic E-state index is -4.48. The molecule has 0 amide bonds. The van der Waals surface area contributed by atoms with Crippen molar-refractivity contribution in [2.45, 2.75) is 43.9 Å². The summed E-state index contributed by atoms with van der Waals surface area (Å²) in [6.07, 6.45) is -0.0315. The van der Waals surface area contributed by atoms with E-state index in [4.69, 9.17) is 6.42 Å². The monoisotopic (exact) mass is 300 g/mol. The average molecular weight is 300 g/mol. The Balaban J connectivity index is 2.46. The van der Waals surface area contributed by atoms with E-state index in [1.807, 2.05) is 5.92 Å². The molecule has 0 aliphatic heterocycles. The maximum atomic E-state index is 13.7. The Labute approximate surface area is 110 Å². The Morgan fingerprint density at radius 1 is 1.26 bits per heavy atom. The fourth-order valence-electron chi connectivity index (χ4n) is 2.16. The number of hydrogen-bond donors (Lipinski definition) is 0. The second kappa shape index (κ2) is 5.70. The second-order valence-electron chi connectivity index (χ2n) is 5.03. The number of halogens is 4. The summed E-state index contributed by atoms with van der Waals surface area (Å²) in [6, 6.07) is 0. The largest absolute Gasteiger partial charge is 0.390 e. The van der Waals surface area contributed by atoms with Crippen LogP contribution in [0.2, 0.25) is 0 Å². The van der Waals surface area contributed by atoms with E-state index in [2.05, 4.69) is 0 Å². The van der Waals surface area contributed by atoms with Crippen molar-refractivity contribution in [3.05, 3.63) is 0 Å². The first-order valence-electron chi connectivity index (χ1n) is 5.99. The van der Waals surface area contributed by atoms with Gasteiger partial charge in [0, 0.05) is 0 Å². The predicted molar refractivity (Wildman–Crippen MR) is 64.0 cm³/mol. The highest BCUT2D eigenvalue weighted by molar-refractivity contribution is 7.91. The number of rotatable bonds is 4. The van der Waals surface area contributed by atoms with Crippen molar-refractivity contribution in [1.82, 2.24) is 0 Å². The van der Waals surface area contributed by atoms with Crippen LogP contribution >= 0.6 is 0 Å². The highest BCUT2D eigenvalue weighted by atomic mass is 32.2. The van der Waals surface area contributed by atoms with Crippen LogP contribution in [-0.4, -0.2) is 31.8 Å². The van der Waals surface area contributed by atoms with E-state index in [1.54, 1.807) is 0 Å². The molecular formula is C12H16F4O2S. The predicted octanol–water partition coefficient (Wildman–Crippen LogP) is 2.89. The lowest BCUT2D eigenvalue weighted by molar-refractivity contribution is -0.129. The molecule has 0 spiro atoms. The van der Waals surface area contributed by atoms with E-state index >= 15 is 0 Å². The van der Waals surface area contributed by atoms with Crippen LogP contribution in [0.3, 0.4) is 0 Å². The molecule has 1 rings (SSSR count). The third-order valence-corrected chi connectivity index (χ3v) is 5.15. The van der Waals surface area contributed by atoms with Crippen molar-refractivity contribution in [2.24, 2.45) is 5.92 Å². The molecule has 0 heterocycles. The van der Waals surface area contributed by atoms with Crippen molar-refractivity contribution < 1.29 is 26.0 Å². The van der Waals surface area contributed by atoms with E-state index in [0.29, 0.717) is 12.8 Å². The zero-order valence-electron chi connectivity index (χ0n) is 10.3. The van der Waals surface area contributed by atoms with Crippen molar-refractivity contribution in [1.29, 1.82) is 0 Å². The summed E-state index contributed by atoms with van der Waals surface area (Å²) in [6.45, 7) is 0. The van der Waals surface area contributed by atoms with Gasteiger partial charge < -0.3 is 0 Å². The summed E-state index contributed by atoms with van der Waals surface area (Å²) in [7, 11) is -3.75. The molecule has 0 aromatic carbocycles. The third-order valence-electron chi connectivity index (χ3n) is 3.34. The molecule has 1 aliphatic carbocycles. The minimum Gasteiger partial charge on any atom is -0.230 e. The molecule has 0 bridgehead atoms. The lowest BCUT2D eigenvalue weighted by atomic mass is 9.81. The number of terminal acetylenes is 1. The van der Waals surface area contributed by atoms with Gasteiger partial charge in [0.15, 0.2) is 15.5 Å². The van der Waals surface area contributed by atoms with Gasteiger partial charge >= 0.3 is 6.18 Å². The van der Waals surface area contributed by atoms with E-state index in [1.165, 1.54) is 0 Å². The summed E-state index contributed by atoms with van der Waals surface area (Å²) in [5.41, 5.74) is -1.69. The average Bonchev–Trinajstić information content (AvgIpc) is 2.29. The van der Waals surface area contributed by atoms with Crippen LogP contribution in [0.25, 0.3) is 0 Å². The number of hydrogen-bond acceptors (Lipinski definition) is 2. The number of sulfone groups is 1. The second-order valence-corrected chi connectivity index (χ2v) is 7.26. The SMILES string of the molecule is C#CC1(F)CCC(CS(=O)(=O)CCC(F)(F)F)CC1. The Morgan fingerprint density at radius 3 is 2.21 bits per heavy atom. The summed E-state index contributed by atoms with van der Waals surface area (Å²) >= 11 is 0.